The van der Waals surface area contributed by atoms with Gasteiger partial charge in [0.15, 0.2) is 0 Å². The number of fused-ring (bicyclic) bond motifs is 1. The Morgan fingerprint density at radius 1 is 1.08 bits per heavy atom. The molecule has 0 unspecified atom stereocenters. The summed E-state index contributed by atoms with van der Waals surface area (Å²) in [6.45, 7) is 1.06. The van der Waals surface area contributed by atoms with Crippen molar-refractivity contribution < 1.29 is 36.9 Å². The molecular weight excluding hydrogens is 480 g/mol. The van der Waals surface area contributed by atoms with E-state index in [1.54, 1.807) is 18.2 Å². The maximum absolute atomic E-state index is 13.2. The topological polar surface area (TPSA) is 71.0 Å². The molecule has 10 heteroatoms. The first-order valence-electron chi connectivity index (χ1n) is 12.0. The van der Waals surface area contributed by atoms with Gasteiger partial charge in [0.2, 0.25) is 5.91 Å². The number of nitrogens with one attached hydrogen (secondary N) is 1. The fourth-order valence-corrected chi connectivity index (χ4v) is 4.79. The van der Waals surface area contributed by atoms with Crippen LogP contribution in [0.3, 0.4) is 0 Å². The molecule has 0 bridgehead atoms. The number of hydrogen-bond donors (Lipinski definition) is 2. The van der Waals surface area contributed by atoms with Crippen molar-refractivity contribution in [3.63, 3.8) is 0 Å². The summed E-state index contributed by atoms with van der Waals surface area (Å²) < 4.78 is 64.4. The number of β-amino-alcohol motifs (C(OH)–C–C–N with tert-alkyl or cyclic N) is 1. The highest BCUT2D eigenvalue weighted by atomic mass is 19.4. The van der Waals surface area contributed by atoms with Crippen LogP contribution in [0.4, 0.5) is 17.6 Å². The molecule has 0 aliphatic carbocycles. The number of carbonyl (C=O) groups is 1. The van der Waals surface area contributed by atoms with E-state index in [0.29, 0.717) is 18.4 Å². The lowest BCUT2D eigenvalue weighted by Gasteiger charge is -2.44. The maximum atomic E-state index is 13.2. The van der Waals surface area contributed by atoms with Crippen LogP contribution in [0.15, 0.2) is 48.5 Å². The fourth-order valence-electron chi connectivity index (χ4n) is 4.79. The van der Waals surface area contributed by atoms with E-state index in [1.165, 1.54) is 18.2 Å². The van der Waals surface area contributed by atoms with Gasteiger partial charge in [-0.2, -0.15) is 13.2 Å². The van der Waals surface area contributed by atoms with Crippen LogP contribution < -0.4 is 5.32 Å². The molecule has 0 radical (unpaired) electrons. The van der Waals surface area contributed by atoms with Crippen molar-refractivity contribution >= 4 is 5.91 Å². The molecule has 36 heavy (non-hydrogen) atoms. The Bertz CT molecular complexity index is 1020. The predicted octanol–water partition coefficient (Wildman–Crippen LogP) is 3.66. The highest BCUT2D eigenvalue weighted by molar-refractivity contribution is 5.76. The number of benzene rings is 2. The summed E-state index contributed by atoms with van der Waals surface area (Å²) in [4.78, 5) is 14.4. The maximum Gasteiger partial charge on any atom is 0.416 e. The number of rotatable bonds is 6. The van der Waals surface area contributed by atoms with E-state index < -0.39 is 17.8 Å². The number of amides is 1. The zero-order valence-corrected chi connectivity index (χ0v) is 19.7. The number of alkyl halides is 3. The van der Waals surface area contributed by atoms with Gasteiger partial charge in [-0.1, -0.05) is 30.3 Å². The second kappa shape index (κ2) is 11.7. The van der Waals surface area contributed by atoms with Crippen LogP contribution >= 0.6 is 0 Å². The van der Waals surface area contributed by atoms with Gasteiger partial charge in [0.1, 0.15) is 5.82 Å². The molecule has 1 amide bonds. The van der Waals surface area contributed by atoms with Gasteiger partial charge in [-0.05, 0) is 42.2 Å². The molecule has 0 spiro atoms. The van der Waals surface area contributed by atoms with Gasteiger partial charge in [-0.25, -0.2) is 4.39 Å². The first-order valence-corrected chi connectivity index (χ1v) is 12.0. The van der Waals surface area contributed by atoms with Gasteiger partial charge >= 0.3 is 6.18 Å². The van der Waals surface area contributed by atoms with Crippen molar-refractivity contribution in [1.29, 1.82) is 0 Å². The van der Waals surface area contributed by atoms with Crippen molar-refractivity contribution in [2.45, 2.75) is 62.9 Å². The van der Waals surface area contributed by atoms with Crippen molar-refractivity contribution in [3.8, 4) is 0 Å². The van der Waals surface area contributed by atoms with Gasteiger partial charge in [-0.15, -0.1) is 0 Å². The van der Waals surface area contributed by atoms with Gasteiger partial charge in [-0.3, -0.25) is 9.69 Å². The lowest BCUT2D eigenvalue weighted by atomic mass is 9.94. The molecule has 2 aromatic carbocycles. The summed E-state index contributed by atoms with van der Waals surface area (Å²) in [5.41, 5.74) is 0.574. The summed E-state index contributed by atoms with van der Waals surface area (Å²) in [6.07, 6.45) is -4.53. The van der Waals surface area contributed by atoms with Gasteiger partial charge in [0.05, 0.1) is 43.5 Å². The monoisotopic (exact) mass is 510 g/mol. The molecular formula is C26H30F4N2O4. The minimum atomic E-state index is -4.43. The molecule has 2 aromatic rings. The van der Waals surface area contributed by atoms with Crippen molar-refractivity contribution in [1.82, 2.24) is 10.2 Å². The Balaban J connectivity index is 1.37. The van der Waals surface area contributed by atoms with E-state index in [-0.39, 0.29) is 69.2 Å². The quantitative estimate of drug-likeness (QED) is 0.581. The van der Waals surface area contributed by atoms with E-state index in [4.69, 9.17) is 9.47 Å². The normalized spacial score (nSPS) is 25.5. The zero-order chi connectivity index (χ0) is 25.7. The van der Waals surface area contributed by atoms with Gasteiger partial charge in [0, 0.05) is 25.7 Å². The second-order valence-corrected chi connectivity index (χ2v) is 9.37. The van der Waals surface area contributed by atoms with Crippen molar-refractivity contribution in [2.24, 2.45) is 0 Å². The molecule has 2 heterocycles. The van der Waals surface area contributed by atoms with Crippen LogP contribution in [-0.2, 0) is 33.5 Å². The molecule has 196 valence electrons. The van der Waals surface area contributed by atoms with E-state index >= 15 is 0 Å². The molecule has 6 nitrogen and oxygen atoms in total. The number of nitrogens with zero attached hydrogens (tertiary/aromatic N) is 1. The Morgan fingerprint density at radius 3 is 2.61 bits per heavy atom. The molecule has 2 aliphatic rings. The average Bonchev–Trinajstić information content (AvgIpc) is 2.82. The fraction of sp³-hybridized carbons (Fsp3) is 0.500. The van der Waals surface area contributed by atoms with Gasteiger partial charge in [0.25, 0.3) is 0 Å². The standard InChI is InChI=1S/C26H30F4N2O4/c27-20-6-4-17(5-7-20)12-31-25(34)11-22-8-9-23-24(36-22)16-35-15-21(33)14-32(23)13-18-2-1-3-19(10-18)26(28,29)30/h1-7,10,21-24,33H,8-9,11-16H2,(H,31,34)/t21-,22-,23-,24+/m1/s1. The highest BCUT2D eigenvalue weighted by Gasteiger charge is 2.38. The minimum Gasteiger partial charge on any atom is -0.389 e. The summed E-state index contributed by atoms with van der Waals surface area (Å²) in [6, 6.07) is 10.9. The first kappa shape index (κ1) is 26.5. The number of halogens is 4. The first-order chi connectivity index (χ1) is 17.2. The summed E-state index contributed by atoms with van der Waals surface area (Å²) in [5.74, 6) is -0.531. The molecule has 0 aromatic heterocycles. The van der Waals surface area contributed by atoms with Crippen molar-refractivity contribution in [3.05, 3.63) is 71.0 Å². The largest absolute Gasteiger partial charge is 0.416 e. The highest BCUT2D eigenvalue weighted by Crippen LogP contribution is 2.32. The van der Waals surface area contributed by atoms with E-state index in [0.717, 1.165) is 17.7 Å². The number of aliphatic hydroxyl groups excluding tert-OH is 1. The Labute approximate surface area is 207 Å². The lowest BCUT2D eigenvalue weighted by Crippen LogP contribution is -2.55. The Morgan fingerprint density at radius 2 is 1.86 bits per heavy atom. The lowest BCUT2D eigenvalue weighted by molar-refractivity contribution is -0.158. The second-order valence-electron chi connectivity index (χ2n) is 9.37. The van der Waals surface area contributed by atoms with Gasteiger partial charge < -0.3 is 19.9 Å². The molecule has 4 atom stereocenters. The van der Waals surface area contributed by atoms with E-state index in [1.807, 2.05) is 4.90 Å². The number of hydrogen-bond acceptors (Lipinski definition) is 5. The molecule has 2 aliphatic heterocycles. The molecule has 2 fully saturated rings. The van der Waals surface area contributed by atoms with Crippen LogP contribution in [0.2, 0.25) is 0 Å². The van der Waals surface area contributed by atoms with Crippen molar-refractivity contribution in [2.75, 3.05) is 19.8 Å². The molecule has 2 saturated heterocycles. The van der Waals surface area contributed by atoms with Crippen LogP contribution in [-0.4, -0.2) is 60.0 Å². The summed E-state index contributed by atoms with van der Waals surface area (Å²) >= 11 is 0. The number of aliphatic hydroxyl groups is 1. The third kappa shape index (κ3) is 7.25. The smallest absolute Gasteiger partial charge is 0.389 e. The average molecular weight is 511 g/mol. The summed E-state index contributed by atoms with van der Waals surface area (Å²) in [5, 5.41) is 13.1. The molecule has 4 rings (SSSR count). The third-order valence-corrected chi connectivity index (χ3v) is 6.54. The minimum absolute atomic E-state index is 0.0918. The third-order valence-electron chi connectivity index (χ3n) is 6.54. The summed E-state index contributed by atoms with van der Waals surface area (Å²) in [7, 11) is 0. The van der Waals surface area contributed by atoms with Crippen LogP contribution in [0.1, 0.15) is 36.0 Å². The Hall–Kier alpha value is -2.53. The van der Waals surface area contributed by atoms with Crippen LogP contribution in [0.5, 0.6) is 0 Å². The molecule has 0 saturated carbocycles. The SMILES string of the molecule is O=C(C[C@H]1CC[C@@H]2[C@H](COC[C@H](O)CN2Cc2cccc(C(F)(F)F)c2)O1)NCc1ccc(F)cc1. The van der Waals surface area contributed by atoms with E-state index in [9.17, 15) is 27.5 Å². The number of ether oxygens (including phenoxy) is 2. The predicted molar refractivity (Wildman–Crippen MR) is 123 cm³/mol. The number of carbonyl (C=O) groups excluding carboxylic acids is 1. The van der Waals surface area contributed by atoms with Crippen LogP contribution in [0, 0.1) is 5.82 Å². The Kier molecular flexibility index (Phi) is 8.61. The zero-order valence-electron chi connectivity index (χ0n) is 19.7. The van der Waals surface area contributed by atoms with E-state index in [2.05, 4.69) is 5.32 Å². The molecule has 2 N–H and O–H groups in total. The van der Waals surface area contributed by atoms with Crippen LogP contribution in [0.25, 0.3) is 0 Å².